The molecule has 5 heteroatoms. The topological polar surface area (TPSA) is 55.4 Å². The summed E-state index contributed by atoms with van der Waals surface area (Å²) in [5.41, 5.74) is 0. The van der Waals surface area contributed by atoms with Crippen molar-refractivity contribution < 1.29 is 13.2 Å². The molecule has 1 N–H and O–H groups in total. The monoisotopic (exact) mass is 277 g/mol. The summed E-state index contributed by atoms with van der Waals surface area (Å²) in [4.78, 5) is 0. The van der Waals surface area contributed by atoms with E-state index in [0.717, 1.165) is 16.5 Å². The minimum atomic E-state index is -3.06. The Balaban J connectivity index is 1.69. The summed E-state index contributed by atoms with van der Waals surface area (Å²) in [5, 5.41) is 2.28. The Morgan fingerprint density at radius 1 is 1.16 bits per heavy atom. The van der Waals surface area contributed by atoms with E-state index in [9.17, 15) is 8.42 Å². The summed E-state index contributed by atoms with van der Waals surface area (Å²) in [5.74, 6) is 0.962. The first-order valence-corrected chi connectivity index (χ1v) is 7.89. The molecule has 0 radical (unpaired) electrons. The number of rotatable bonds is 3. The van der Waals surface area contributed by atoms with Gasteiger partial charge in [-0.25, -0.2) is 13.1 Å². The van der Waals surface area contributed by atoms with Gasteiger partial charge in [0.2, 0.25) is 10.0 Å². The fourth-order valence-corrected chi connectivity index (χ4v) is 3.65. The SMILES string of the molecule is O=S1(=O)CC[C@@H](COc2ccc3ccccc3c2)N1. The average molecular weight is 277 g/mol. The zero-order valence-corrected chi connectivity index (χ0v) is 11.2. The average Bonchev–Trinajstić information content (AvgIpc) is 2.76. The van der Waals surface area contributed by atoms with Crippen molar-refractivity contribution in [1.29, 1.82) is 0 Å². The highest BCUT2D eigenvalue weighted by Crippen LogP contribution is 2.21. The van der Waals surface area contributed by atoms with E-state index in [0.29, 0.717) is 13.0 Å². The Hall–Kier alpha value is -1.59. The number of hydrogen-bond acceptors (Lipinski definition) is 3. The van der Waals surface area contributed by atoms with Crippen LogP contribution >= 0.6 is 0 Å². The highest BCUT2D eigenvalue weighted by atomic mass is 32.2. The highest BCUT2D eigenvalue weighted by Gasteiger charge is 2.26. The van der Waals surface area contributed by atoms with Crippen LogP contribution in [-0.2, 0) is 10.0 Å². The summed E-state index contributed by atoms with van der Waals surface area (Å²) in [7, 11) is -3.06. The van der Waals surface area contributed by atoms with Crippen molar-refractivity contribution in [3.63, 3.8) is 0 Å². The second-order valence-electron chi connectivity index (χ2n) is 4.74. The van der Waals surface area contributed by atoms with Crippen LogP contribution in [0.15, 0.2) is 42.5 Å². The molecule has 3 rings (SSSR count). The standard InChI is InChI=1S/C14H15NO3S/c16-19(17)8-7-13(15-19)10-18-14-6-5-11-3-1-2-4-12(11)9-14/h1-6,9,13,15H,7-8,10H2/t13-/m0/s1. The van der Waals surface area contributed by atoms with Crippen molar-refractivity contribution in [1.82, 2.24) is 4.72 Å². The van der Waals surface area contributed by atoms with Crippen LogP contribution in [0, 0.1) is 0 Å². The molecule has 1 atom stereocenters. The predicted octanol–water partition coefficient (Wildman–Crippen LogP) is 1.91. The zero-order valence-electron chi connectivity index (χ0n) is 10.4. The smallest absolute Gasteiger partial charge is 0.212 e. The Labute approximate surface area is 112 Å². The third-order valence-electron chi connectivity index (χ3n) is 3.25. The fraction of sp³-hybridized carbons (Fsp3) is 0.286. The number of nitrogens with one attached hydrogen (secondary N) is 1. The third-order valence-corrected chi connectivity index (χ3v) is 4.72. The van der Waals surface area contributed by atoms with Gasteiger partial charge in [0.15, 0.2) is 0 Å². The van der Waals surface area contributed by atoms with Crippen LogP contribution in [0.1, 0.15) is 6.42 Å². The molecule has 0 saturated carbocycles. The first kappa shape index (κ1) is 12.4. The number of sulfonamides is 1. The van der Waals surface area contributed by atoms with Crippen molar-refractivity contribution in [2.75, 3.05) is 12.4 Å². The van der Waals surface area contributed by atoms with Crippen LogP contribution in [0.3, 0.4) is 0 Å². The Bertz CT molecular complexity index is 697. The molecule has 1 saturated heterocycles. The normalized spacial score (nSPS) is 21.6. The number of hydrogen-bond donors (Lipinski definition) is 1. The minimum absolute atomic E-state index is 0.114. The van der Waals surface area contributed by atoms with E-state index in [2.05, 4.69) is 4.72 Å². The van der Waals surface area contributed by atoms with Gasteiger partial charge in [0, 0.05) is 0 Å². The van der Waals surface area contributed by atoms with Crippen LogP contribution < -0.4 is 9.46 Å². The second-order valence-corrected chi connectivity index (χ2v) is 6.62. The van der Waals surface area contributed by atoms with Crippen LogP contribution in [0.5, 0.6) is 5.75 Å². The van der Waals surface area contributed by atoms with Crippen LogP contribution in [0.2, 0.25) is 0 Å². The third kappa shape index (κ3) is 2.88. The molecule has 1 aliphatic heterocycles. The van der Waals surface area contributed by atoms with Gasteiger partial charge in [-0.05, 0) is 29.3 Å². The van der Waals surface area contributed by atoms with Gasteiger partial charge >= 0.3 is 0 Å². The molecule has 1 fully saturated rings. The first-order chi connectivity index (χ1) is 9.12. The Kier molecular flexibility index (Phi) is 3.16. The lowest BCUT2D eigenvalue weighted by molar-refractivity contribution is 0.282. The molecule has 100 valence electrons. The van der Waals surface area contributed by atoms with Gasteiger partial charge in [-0.15, -0.1) is 0 Å². The lowest BCUT2D eigenvalue weighted by Gasteiger charge is -2.11. The Morgan fingerprint density at radius 2 is 1.95 bits per heavy atom. The molecule has 4 nitrogen and oxygen atoms in total. The maximum absolute atomic E-state index is 11.3. The molecule has 2 aromatic carbocycles. The van der Waals surface area contributed by atoms with Gasteiger partial charge in [0.05, 0.1) is 11.8 Å². The molecule has 0 bridgehead atoms. The van der Waals surface area contributed by atoms with Crippen LogP contribution in [0.4, 0.5) is 0 Å². The molecule has 1 aliphatic rings. The van der Waals surface area contributed by atoms with E-state index in [-0.39, 0.29) is 11.8 Å². The van der Waals surface area contributed by atoms with E-state index < -0.39 is 10.0 Å². The Morgan fingerprint density at radius 3 is 2.68 bits per heavy atom. The van der Waals surface area contributed by atoms with Crippen LogP contribution in [0.25, 0.3) is 10.8 Å². The number of benzene rings is 2. The van der Waals surface area contributed by atoms with Gasteiger partial charge in [-0.3, -0.25) is 0 Å². The maximum Gasteiger partial charge on any atom is 0.212 e. The molecular weight excluding hydrogens is 262 g/mol. The minimum Gasteiger partial charge on any atom is -0.492 e. The summed E-state index contributed by atoms with van der Waals surface area (Å²) in [6.45, 7) is 0.373. The lowest BCUT2D eigenvalue weighted by Crippen LogP contribution is -2.30. The van der Waals surface area contributed by atoms with Crippen molar-refractivity contribution in [2.45, 2.75) is 12.5 Å². The highest BCUT2D eigenvalue weighted by molar-refractivity contribution is 7.89. The fourth-order valence-electron chi connectivity index (χ4n) is 2.24. The van der Waals surface area contributed by atoms with E-state index >= 15 is 0 Å². The summed E-state index contributed by atoms with van der Waals surface area (Å²) < 4.78 is 30.8. The molecule has 0 amide bonds. The molecule has 0 unspecified atom stereocenters. The van der Waals surface area contributed by atoms with Crippen molar-refractivity contribution in [3.8, 4) is 5.75 Å². The number of ether oxygens (including phenoxy) is 1. The largest absolute Gasteiger partial charge is 0.492 e. The van der Waals surface area contributed by atoms with Gasteiger partial charge in [-0.1, -0.05) is 30.3 Å². The van der Waals surface area contributed by atoms with Gasteiger partial charge in [-0.2, -0.15) is 0 Å². The molecule has 0 aliphatic carbocycles. The summed E-state index contributed by atoms with van der Waals surface area (Å²) in [6, 6.07) is 13.8. The lowest BCUT2D eigenvalue weighted by atomic mass is 10.1. The second kappa shape index (κ2) is 4.83. The maximum atomic E-state index is 11.3. The molecule has 2 aromatic rings. The van der Waals surface area contributed by atoms with Crippen molar-refractivity contribution in [2.24, 2.45) is 0 Å². The van der Waals surface area contributed by atoms with E-state index in [1.165, 1.54) is 0 Å². The molecule has 19 heavy (non-hydrogen) atoms. The molecule has 0 aromatic heterocycles. The van der Waals surface area contributed by atoms with E-state index in [4.69, 9.17) is 4.74 Å². The summed E-state index contributed by atoms with van der Waals surface area (Å²) >= 11 is 0. The van der Waals surface area contributed by atoms with Crippen LogP contribution in [-0.4, -0.2) is 26.8 Å². The van der Waals surface area contributed by atoms with Gasteiger partial charge in [0.25, 0.3) is 0 Å². The van der Waals surface area contributed by atoms with Crippen molar-refractivity contribution >= 4 is 20.8 Å². The number of fused-ring (bicyclic) bond motifs is 1. The quantitative estimate of drug-likeness (QED) is 0.932. The van der Waals surface area contributed by atoms with Gasteiger partial charge in [0.1, 0.15) is 12.4 Å². The van der Waals surface area contributed by atoms with Crippen molar-refractivity contribution in [3.05, 3.63) is 42.5 Å². The van der Waals surface area contributed by atoms with E-state index in [1.54, 1.807) is 0 Å². The first-order valence-electron chi connectivity index (χ1n) is 6.24. The van der Waals surface area contributed by atoms with E-state index in [1.807, 2.05) is 42.5 Å². The van der Waals surface area contributed by atoms with Gasteiger partial charge < -0.3 is 4.74 Å². The molecular formula is C14H15NO3S. The molecule has 1 heterocycles. The molecule has 0 spiro atoms. The predicted molar refractivity (Wildman–Crippen MR) is 74.8 cm³/mol. The summed E-state index contributed by atoms with van der Waals surface area (Å²) in [6.07, 6.45) is 0.607. The zero-order chi connectivity index (χ0) is 13.3.